The van der Waals surface area contributed by atoms with Gasteiger partial charge in [0.2, 0.25) is 5.91 Å². The van der Waals surface area contributed by atoms with Crippen molar-refractivity contribution in [2.75, 3.05) is 19.6 Å². The van der Waals surface area contributed by atoms with Gasteiger partial charge in [0, 0.05) is 25.4 Å². The summed E-state index contributed by atoms with van der Waals surface area (Å²) in [6, 6.07) is 10.5. The van der Waals surface area contributed by atoms with Crippen LogP contribution in [-0.4, -0.2) is 30.4 Å². The van der Waals surface area contributed by atoms with Gasteiger partial charge in [-0.2, -0.15) is 0 Å². The zero-order valence-corrected chi connectivity index (χ0v) is 13.3. The van der Waals surface area contributed by atoms with E-state index >= 15 is 0 Å². The molecule has 3 nitrogen and oxygen atoms in total. The Kier molecular flexibility index (Phi) is 5.80. The quantitative estimate of drug-likeness (QED) is 0.874. The van der Waals surface area contributed by atoms with Gasteiger partial charge in [0.15, 0.2) is 0 Å². The summed E-state index contributed by atoms with van der Waals surface area (Å²) in [4.78, 5) is 14.5. The van der Waals surface area contributed by atoms with Crippen LogP contribution < -0.4 is 5.73 Å². The highest BCUT2D eigenvalue weighted by Gasteiger charge is 2.28. The summed E-state index contributed by atoms with van der Waals surface area (Å²) in [6.45, 7) is 6.74. The first-order valence-electron chi connectivity index (χ1n) is 8.13. The maximum absolute atomic E-state index is 12.4. The molecular formula is C18H28N2O. The Morgan fingerprint density at radius 2 is 2.05 bits per heavy atom. The lowest BCUT2D eigenvalue weighted by Gasteiger charge is -2.21. The zero-order valence-electron chi connectivity index (χ0n) is 13.3. The molecule has 1 aromatic carbocycles. The number of hydrogen-bond donors (Lipinski definition) is 1. The molecule has 0 saturated carbocycles. The van der Waals surface area contributed by atoms with Gasteiger partial charge < -0.3 is 10.6 Å². The van der Waals surface area contributed by atoms with Crippen LogP contribution in [0.3, 0.4) is 0 Å². The molecule has 2 atom stereocenters. The SMILES string of the molecule is CC(C)C[C@H](CN)CC(=O)N1CCC(c2ccccc2)C1. The molecule has 2 N–H and O–H groups in total. The Hall–Kier alpha value is -1.35. The van der Waals surface area contributed by atoms with Crippen molar-refractivity contribution in [3.8, 4) is 0 Å². The van der Waals surface area contributed by atoms with E-state index in [4.69, 9.17) is 5.73 Å². The normalized spacial score (nSPS) is 20.0. The van der Waals surface area contributed by atoms with Gasteiger partial charge >= 0.3 is 0 Å². The fraction of sp³-hybridized carbons (Fsp3) is 0.611. The number of carbonyl (C=O) groups is 1. The second-order valence-corrected chi connectivity index (χ2v) is 6.67. The standard InChI is InChI=1S/C18H28N2O/c1-14(2)10-15(12-19)11-18(21)20-9-8-17(13-20)16-6-4-3-5-7-16/h3-7,14-15,17H,8-13,19H2,1-2H3/t15-,17?/m0/s1. The predicted octanol–water partition coefficient (Wildman–Crippen LogP) is 3.01. The van der Waals surface area contributed by atoms with Crippen molar-refractivity contribution in [1.82, 2.24) is 4.90 Å². The summed E-state index contributed by atoms with van der Waals surface area (Å²) in [5.74, 6) is 1.70. The van der Waals surface area contributed by atoms with Crippen LogP contribution in [0.5, 0.6) is 0 Å². The largest absolute Gasteiger partial charge is 0.342 e. The van der Waals surface area contributed by atoms with E-state index in [1.165, 1.54) is 5.56 Å². The molecular weight excluding hydrogens is 260 g/mol. The molecule has 1 saturated heterocycles. The molecule has 0 spiro atoms. The van der Waals surface area contributed by atoms with Crippen LogP contribution in [0.4, 0.5) is 0 Å². The maximum atomic E-state index is 12.4. The van der Waals surface area contributed by atoms with Gasteiger partial charge in [0.05, 0.1) is 0 Å². The Morgan fingerprint density at radius 3 is 2.67 bits per heavy atom. The van der Waals surface area contributed by atoms with Crippen molar-refractivity contribution in [3.63, 3.8) is 0 Å². The van der Waals surface area contributed by atoms with E-state index in [9.17, 15) is 4.79 Å². The molecule has 21 heavy (non-hydrogen) atoms. The third-order valence-corrected chi connectivity index (χ3v) is 4.41. The summed E-state index contributed by atoms with van der Waals surface area (Å²) >= 11 is 0. The first kappa shape index (κ1) is 16.0. The van der Waals surface area contributed by atoms with Gasteiger partial charge in [0.1, 0.15) is 0 Å². The van der Waals surface area contributed by atoms with Gasteiger partial charge in [-0.1, -0.05) is 44.2 Å². The van der Waals surface area contributed by atoms with Crippen molar-refractivity contribution in [2.24, 2.45) is 17.6 Å². The predicted molar refractivity (Wildman–Crippen MR) is 87.0 cm³/mol. The summed E-state index contributed by atoms with van der Waals surface area (Å²) in [7, 11) is 0. The molecule has 0 aromatic heterocycles. The molecule has 1 heterocycles. The van der Waals surface area contributed by atoms with Gasteiger partial charge in [-0.15, -0.1) is 0 Å². The molecule has 2 rings (SSSR count). The Morgan fingerprint density at radius 1 is 1.33 bits per heavy atom. The number of amides is 1. The van der Waals surface area contributed by atoms with Gasteiger partial charge in [-0.25, -0.2) is 0 Å². The Bertz CT molecular complexity index is 444. The summed E-state index contributed by atoms with van der Waals surface area (Å²) in [5.41, 5.74) is 7.17. The van der Waals surface area contributed by atoms with E-state index in [1.807, 2.05) is 11.0 Å². The van der Waals surface area contributed by atoms with Crippen LogP contribution in [0.1, 0.15) is 44.6 Å². The van der Waals surface area contributed by atoms with E-state index in [2.05, 4.69) is 38.1 Å². The number of carbonyl (C=O) groups excluding carboxylic acids is 1. The van der Waals surface area contributed by atoms with Crippen LogP contribution >= 0.6 is 0 Å². The summed E-state index contributed by atoms with van der Waals surface area (Å²) < 4.78 is 0. The van der Waals surface area contributed by atoms with E-state index in [0.717, 1.165) is 25.9 Å². The van der Waals surface area contributed by atoms with Crippen molar-refractivity contribution in [3.05, 3.63) is 35.9 Å². The second-order valence-electron chi connectivity index (χ2n) is 6.67. The van der Waals surface area contributed by atoms with Crippen LogP contribution in [0.2, 0.25) is 0 Å². The van der Waals surface area contributed by atoms with Gasteiger partial charge in [-0.05, 0) is 36.8 Å². The molecule has 0 aliphatic carbocycles. The Balaban J connectivity index is 1.87. The Labute approximate surface area is 128 Å². The third-order valence-electron chi connectivity index (χ3n) is 4.41. The summed E-state index contributed by atoms with van der Waals surface area (Å²) in [5, 5.41) is 0. The molecule has 1 amide bonds. The van der Waals surface area contributed by atoms with E-state index in [1.54, 1.807) is 0 Å². The fourth-order valence-electron chi connectivity index (χ4n) is 3.29. The highest BCUT2D eigenvalue weighted by atomic mass is 16.2. The molecule has 1 aliphatic rings. The molecule has 116 valence electrons. The molecule has 3 heteroatoms. The monoisotopic (exact) mass is 288 g/mol. The minimum Gasteiger partial charge on any atom is -0.342 e. The molecule has 0 radical (unpaired) electrons. The van der Waals surface area contributed by atoms with E-state index in [-0.39, 0.29) is 5.91 Å². The minimum atomic E-state index is 0.282. The second kappa shape index (κ2) is 7.60. The van der Waals surface area contributed by atoms with Crippen molar-refractivity contribution < 1.29 is 4.79 Å². The molecule has 1 unspecified atom stereocenters. The molecule has 1 aromatic rings. The number of hydrogen-bond acceptors (Lipinski definition) is 2. The van der Waals surface area contributed by atoms with E-state index in [0.29, 0.717) is 30.7 Å². The smallest absolute Gasteiger partial charge is 0.222 e. The average Bonchev–Trinajstić information content (AvgIpc) is 2.97. The first-order valence-corrected chi connectivity index (χ1v) is 8.13. The number of rotatable bonds is 6. The van der Waals surface area contributed by atoms with Crippen molar-refractivity contribution in [1.29, 1.82) is 0 Å². The highest BCUT2D eigenvalue weighted by Crippen LogP contribution is 2.28. The number of nitrogens with zero attached hydrogens (tertiary/aromatic N) is 1. The van der Waals surface area contributed by atoms with E-state index < -0.39 is 0 Å². The lowest BCUT2D eigenvalue weighted by atomic mass is 9.94. The number of benzene rings is 1. The minimum absolute atomic E-state index is 0.282. The lowest BCUT2D eigenvalue weighted by molar-refractivity contribution is -0.131. The summed E-state index contributed by atoms with van der Waals surface area (Å²) in [6.07, 6.45) is 2.72. The topological polar surface area (TPSA) is 46.3 Å². The number of nitrogens with two attached hydrogens (primary N) is 1. The van der Waals surface area contributed by atoms with Crippen LogP contribution in [0.25, 0.3) is 0 Å². The van der Waals surface area contributed by atoms with Crippen molar-refractivity contribution in [2.45, 2.75) is 39.0 Å². The average molecular weight is 288 g/mol. The van der Waals surface area contributed by atoms with Gasteiger partial charge in [-0.3, -0.25) is 4.79 Å². The molecule has 0 bridgehead atoms. The number of likely N-dealkylation sites (tertiary alicyclic amines) is 1. The molecule has 1 fully saturated rings. The molecule has 1 aliphatic heterocycles. The zero-order chi connectivity index (χ0) is 15.2. The fourth-order valence-corrected chi connectivity index (χ4v) is 3.29. The highest BCUT2D eigenvalue weighted by molar-refractivity contribution is 5.76. The van der Waals surface area contributed by atoms with Crippen LogP contribution in [0.15, 0.2) is 30.3 Å². The first-order chi connectivity index (χ1) is 10.1. The third kappa shape index (κ3) is 4.57. The lowest BCUT2D eigenvalue weighted by Crippen LogP contribution is -2.32. The van der Waals surface area contributed by atoms with Crippen LogP contribution in [0, 0.1) is 11.8 Å². The van der Waals surface area contributed by atoms with Gasteiger partial charge in [0.25, 0.3) is 0 Å². The maximum Gasteiger partial charge on any atom is 0.222 e. The van der Waals surface area contributed by atoms with Crippen molar-refractivity contribution >= 4 is 5.91 Å². The van der Waals surface area contributed by atoms with Crippen LogP contribution in [-0.2, 0) is 4.79 Å².